The maximum absolute atomic E-state index is 12.5. The van der Waals surface area contributed by atoms with Gasteiger partial charge in [-0.2, -0.15) is 5.10 Å². The Morgan fingerprint density at radius 2 is 2.12 bits per heavy atom. The molecule has 25 heavy (non-hydrogen) atoms. The summed E-state index contributed by atoms with van der Waals surface area (Å²) in [6, 6.07) is 4.77. The Morgan fingerprint density at radius 3 is 2.80 bits per heavy atom. The number of benzene rings is 1. The van der Waals surface area contributed by atoms with Crippen molar-refractivity contribution in [1.29, 1.82) is 0 Å². The van der Waals surface area contributed by atoms with E-state index < -0.39 is 10.0 Å². The third-order valence-corrected chi connectivity index (χ3v) is 5.73. The summed E-state index contributed by atoms with van der Waals surface area (Å²) in [7, 11) is -2.10. The molecule has 136 valence electrons. The van der Waals surface area contributed by atoms with Crippen molar-refractivity contribution >= 4 is 15.7 Å². The number of sulfonamides is 1. The molecule has 0 spiro atoms. The fraction of sp³-hybridized carbons (Fsp3) is 0.471. The van der Waals surface area contributed by atoms with Gasteiger partial charge in [0.25, 0.3) is 10.0 Å². The van der Waals surface area contributed by atoms with Gasteiger partial charge in [-0.3, -0.25) is 9.40 Å². The molecule has 1 aliphatic heterocycles. The highest BCUT2D eigenvalue weighted by Gasteiger charge is 2.18. The molecule has 7 nitrogen and oxygen atoms in total. The van der Waals surface area contributed by atoms with Crippen molar-refractivity contribution in [3.05, 3.63) is 36.2 Å². The number of aryl methyl sites for hydroxylation is 1. The maximum Gasteiger partial charge on any atom is 0.262 e. The molecule has 3 rings (SSSR count). The van der Waals surface area contributed by atoms with Crippen molar-refractivity contribution in [3.63, 3.8) is 0 Å². The van der Waals surface area contributed by atoms with Gasteiger partial charge in [0, 0.05) is 26.0 Å². The molecule has 2 aromatic rings. The molecule has 0 unspecified atom stereocenters. The van der Waals surface area contributed by atoms with Crippen LogP contribution >= 0.6 is 0 Å². The SMILES string of the molecule is COc1ccc(S(=O)(=O)Nc2cnn(CC3CCOCC3)c2)cc1C. The zero-order valence-electron chi connectivity index (χ0n) is 14.4. The molecule has 1 aliphatic rings. The van der Waals surface area contributed by atoms with Crippen LogP contribution in [0.25, 0.3) is 0 Å². The van der Waals surface area contributed by atoms with Crippen LogP contribution < -0.4 is 9.46 Å². The van der Waals surface area contributed by atoms with Crippen molar-refractivity contribution in [2.24, 2.45) is 5.92 Å². The number of hydrogen-bond acceptors (Lipinski definition) is 5. The number of methoxy groups -OCH3 is 1. The molecule has 0 radical (unpaired) electrons. The second-order valence-corrected chi connectivity index (χ2v) is 7.93. The van der Waals surface area contributed by atoms with E-state index in [9.17, 15) is 8.42 Å². The smallest absolute Gasteiger partial charge is 0.262 e. The van der Waals surface area contributed by atoms with E-state index >= 15 is 0 Å². The molecular weight excluding hydrogens is 342 g/mol. The standard InChI is InChI=1S/C17H23N3O4S/c1-13-9-16(3-4-17(13)23-2)25(21,22)19-15-10-18-20(12-15)11-14-5-7-24-8-6-14/h3-4,9-10,12,14,19H,5-8,11H2,1-2H3. The van der Waals surface area contributed by atoms with Crippen molar-refractivity contribution in [3.8, 4) is 5.75 Å². The fourth-order valence-corrected chi connectivity index (χ4v) is 4.05. The van der Waals surface area contributed by atoms with E-state index in [-0.39, 0.29) is 4.90 Å². The van der Waals surface area contributed by atoms with Gasteiger partial charge in [-0.05, 0) is 49.4 Å². The number of nitrogens with one attached hydrogen (secondary N) is 1. The largest absolute Gasteiger partial charge is 0.496 e. The molecule has 0 bridgehead atoms. The minimum absolute atomic E-state index is 0.197. The predicted molar refractivity (Wildman–Crippen MR) is 94.3 cm³/mol. The normalized spacial score (nSPS) is 15.9. The summed E-state index contributed by atoms with van der Waals surface area (Å²) in [4.78, 5) is 0.197. The molecule has 0 amide bonds. The summed E-state index contributed by atoms with van der Waals surface area (Å²) in [6.07, 6.45) is 5.27. The maximum atomic E-state index is 12.5. The molecule has 1 aromatic carbocycles. The van der Waals surface area contributed by atoms with Gasteiger partial charge in [0.05, 0.1) is 23.9 Å². The lowest BCUT2D eigenvalue weighted by atomic mass is 10.0. The lowest BCUT2D eigenvalue weighted by molar-refractivity contribution is 0.0601. The summed E-state index contributed by atoms with van der Waals surface area (Å²) in [5.74, 6) is 1.17. The van der Waals surface area contributed by atoms with Crippen molar-refractivity contribution in [2.75, 3.05) is 25.0 Å². The topological polar surface area (TPSA) is 82.5 Å². The lowest BCUT2D eigenvalue weighted by Crippen LogP contribution is -2.20. The van der Waals surface area contributed by atoms with Crippen LogP contribution in [0.15, 0.2) is 35.5 Å². The number of hydrogen-bond donors (Lipinski definition) is 1. The van der Waals surface area contributed by atoms with Crippen LogP contribution in [-0.2, 0) is 21.3 Å². The number of nitrogens with zero attached hydrogens (tertiary/aromatic N) is 2. The van der Waals surface area contributed by atoms with E-state index in [1.165, 1.54) is 12.3 Å². The van der Waals surface area contributed by atoms with Gasteiger partial charge >= 0.3 is 0 Å². The zero-order valence-corrected chi connectivity index (χ0v) is 15.3. The van der Waals surface area contributed by atoms with Crippen LogP contribution in [-0.4, -0.2) is 38.5 Å². The Hall–Kier alpha value is -2.06. The van der Waals surface area contributed by atoms with Gasteiger partial charge in [0.15, 0.2) is 0 Å². The highest BCUT2D eigenvalue weighted by Crippen LogP contribution is 2.23. The number of aromatic nitrogens is 2. The van der Waals surface area contributed by atoms with Gasteiger partial charge in [-0.1, -0.05) is 0 Å². The molecule has 8 heteroatoms. The monoisotopic (exact) mass is 365 g/mol. The molecule has 1 N–H and O–H groups in total. The lowest BCUT2D eigenvalue weighted by Gasteiger charge is -2.21. The molecular formula is C17H23N3O4S. The number of rotatable bonds is 6. The van der Waals surface area contributed by atoms with Gasteiger partial charge < -0.3 is 9.47 Å². The van der Waals surface area contributed by atoms with E-state index in [0.29, 0.717) is 17.4 Å². The molecule has 1 aromatic heterocycles. The van der Waals surface area contributed by atoms with Gasteiger partial charge in [0.2, 0.25) is 0 Å². The average Bonchev–Trinajstić information content (AvgIpc) is 3.02. The third-order valence-electron chi connectivity index (χ3n) is 4.35. The Bertz CT molecular complexity index is 826. The van der Waals surface area contributed by atoms with Crippen molar-refractivity contribution in [1.82, 2.24) is 9.78 Å². The van der Waals surface area contributed by atoms with Crippen LogP contribution in [0.1, 0.15) is 18.4 Å². The first kappa shape index (κ1) is 17.8. The summed E-state index contributed by atoms with van der Waals surface area (Å²) in [5, 5.41) is 4.26. The van der Waals surface area contributed by atoms with Gasteiger partial charge in [0.1, 0.15) is 5.75 Å². The molecule has 1 fully saturated rings. The van der Waals surface area contributed by atoms with Crippen molar-refractivity contribution < 1.29 is 17.9 Å². The van der Waals surface area contributed by atoms with Crippen LogP contribution in [0.3, 0.4) is 0 Å². The van der Waals surface area contributed by atoms with E-state index in [1.807, 2.05) is 6.92 Å². The molecule has 2 heterocycles. The summed E-state index contributed by atoms with van der Waals surface area (Å²) in [6.45, 7) is 4.14. The summed E-state index contributed by atoms with van der Waals surface area (Å²) >= 11 is 0. The predicted octanol–water partition coefficient (Wildman–Crippen LogP) is 2.43. The van der Waals surface area contributed by atoms with Gasteiger partial charge in [-0.15, -0.1) is 0 Å². The van der Waals surface area contributed by atoms with E-state index in [1.54, 1.807) is 30.1 Å². The Kier molecular flexibility index (Phi) is 5.29. The number of ether oxygens (including phenoxy) is 2. The van der Waals surface area contributed by atoms with E-state index in [0.717, 1.165) is 38.2 Å². The van der Waals surface area contributed by atoms with Crippen LogP contribution in [0.5, 0.6) is 5.75 Å². The van der Waals surface area contributed by atoms with Crippen LogP contribution in [0.4, 0.5) is 5.69 Å². The summed E-state index contributed by atoms with van der Waals surface area (Å²) < 4.78 is 40.0. The Balaban J connectivity index is 1.69. The van der Waals surface area contributed by atoms with E-state index in [2.05, 4.69) is 9.82 Å². The second-order valence-electron chi connectivity index (χ2n) is 6.24. The first-order valence-electron chi connectivity index (χ1n) is 8.25. The molecule has 0 saturated carbocycles. The highest BCUT2D eigenvalue weighted by atomic mass is 32.2. The minimum atomic E-state index is -3.66. The fourth-order valence-electron chi connectivity index (χ4n) is 2.94. The minimum Gasteiger partial charge on any atom is -0.496 e. The molecule has 0 aliphatic carbocycles. The number of anilines is 1. The highest BCUT2D eigenvalue weighted by molar-refractivity contribution is 7.92. The first-order chi connectivity index (χ1) is 12.0. The van der Waals surface area contributed by atoms with Crippen LogP contribution in [0, 0.1) is 12.8 Å². The molecule has 1 saturated heterocycles. The van der Waals surface area contributed by atoms with Crippen molar-refractivity contribution in [2.45, 2.75) is 31.2 Å². The molecule has 0 atom stereocenters. The Morgan fingerprint density at radius 1 is 1.36 bits per heavy atom. The summed E-state index contributed by atoms with van der Waals surface area (Å²) in [5.41, 5.74) is 1.22. The van der Waals surface area contributed by atoms with Crippen LogP contribution in [0.2, 0.25) is 0 Å². The Labute approximate surface area is 148 Å². The average molecular weight is 365 g/mol. The zero-order chi connectivity index (χ0) is 17.9. The van der Waals surface area contributed by atoms with E-state index in [4.69, 9.17) is 9.47 Å². The second kappa shape index (κ2) is 7.45. The third kappa shape index (κ3) is 4.32. The first-order valence-corrected chi connectivity index (χ1v) is 9.74. The quantitative estimate of drug-likeness (QED) is 0.850. The van der Waals surface area contributed by atoms with Gasteiger partial charge in [-0.25, -0.2) is 8.42 Å².